The van der Waals surface area contributed by atoms with E-state index in [0.29, 0.717) is 5.69 Å². The van der Waals surface area contributed by atoms with Gasteiger partial charge in [-0.25, -0.2) is 0 Å². The summed E-state index contributed by atoms with van der Waals surface area (Å²) < 4.78 is 0.905. The molecule has 1 aromatic heterocycles. The Bertz CT molecular complexity index is 907. The zero-order chi connectivity index (χ0) is 16.9. The molecule has 0 saturated heterocycles. The molecule has 0 fully saturated rings. The van der Waals surface area contributed by atoms with Gasteiger partial charge in [0.05, 0.1) is 0 Å². The maximum atomic E-state index is 10.7. The highest BCUT2D eigenvalue weighted by Crippen LogP contribution is 2.36. The zero-order valence-electron chi connectivity index (χ0n) is 14.0. The molecular weight excluding hydrogens is 354 g/mol. The monoisotopic (exact) mass is 373 g/mol. The highest BCUT2D eigenvalue weighted by Gasteiger charge is 2.22. The molecule has 0 aliphatic heterocycles. The Balaban J connectivity index is 2.27. The van der Waals surface area contributed by atoms with Crippen LogP contribution >= 0.6 is 15.9 Å². The van der Waals surface area contributed by atoms with Crippen molar-refractivity contribution >= 4 is 27.0 Å². The average Bonchev–Trinajstić information content (AvgIpc) is 2.83. The topological polar surface area (TPSA) is 50.9 Å². The molecule has 0 spiro atoms. The zero-order valence-corrected chi connectivity index (χ0v) is 15.6. The minimum atomic E-state index is -0.158. The standard InChI is InChI=1S/C18H20BrN3O/c1-10-6-12(18(3,4)5)17(23)15(9-10)22-20-14-8-11(2)7-13(19)16(14)21-22/h6-9,23H,1-5H3. The first kappa shape index (κ1) is 16.0. The molecule has 2 aromatic carbocycles. The SMILES string of the molecule is Cc1cc(-n2nc3cc(C)cc(Br)c3n2)c(O)c(C(C)(C)C)c1. The molecule has 0 unspecified atom stereocenters. The van der Waals surface area contributed by atoms with Crippen LogP contribution < -0.4 is 0 Å². The van der Waals surface area contributed by atoms with Crippen molar-refractivity contribution < 1.29 is 5.11 Å². The molecule has 3 rings (SSSR count). The number of halogens is 1. The highest BCUT2D eigenvalue weighted by atomic mass is 79.9. The van der Waals surface area contributed by atoms with Crippen LogP contribution in [0.25, 0.3) is 16.7 Å². The second-order valence-electron chi connectivity index (χ2n) is 7.03. The van der Waals surface area contributed by atoms with E-state index < -0.39 is 0 Å². The van der Waals surface area contributed by atoms with Gasteiger partial charge in [0.25, 0.3) is 0 Å². The summed E-state index contributed by atoms with van der Waals surface area (Å²) in [6.07, 6.45) is 0. The van der Waals surface area contributed by atoms with Crippen molar-refractivity contribution in [3.8, 4) is 11.4 Å². The van der Waals surface area contributed by atoms with Crippen molar-refractivity contribution in [3.63, 3.8) is 0 Å². The first-order valence-electron chi connectivity index (χ1n) is 7.54. The molecule has 0 saturated carbocycles. The van der Waals surface area contributed by atoms with E-state index >= 15 is 0 Å². The summed E-state index contributed by atoms with van der Waals surface area (Å²) in [6, 6.07) is 7.92. The molecule has 23 heavy (non-hydrogen) atoms. The summed E-state index contributed by atoms with van der Waals surface area (Å²) in [7, 11) is 0. The second-order valence-corrected chi connectivity index (χ2v) is 7.89. The van der Waals surface area contributed by atoms with Gasteiger partial charge >= 0.3 is 0 Å². The maximum Gasteiger partial charge on any atom is 0.146 e. The van der Waals surface area contributed by atoms with E-state index in [4.69, 9.17) is 0 Å². The van der Waals surface area contributed by atoms with E-state index in [1.54, 1.807) is 0 Å². The number of aromatic nitrogens is 3. The average molecular weight is 374 g/mol. The van der Waals surface area contributed by atoms with Crippen molar-refractivity contribution in [2.45, 2.75) is 40.0 Å². The van der Waals surface area contributed by atoms with Crippen molar-refractivity contribution in [1.82, 2.24) is 15.0 Å². The minimum absolute atomic E-state index is 0.158. The summed E-state index contributed by atoms with van der Waals surface area (Å²) in [5.74, 6) is 0.233. The number of benzene rings is 2. The van der Waals surface area contributed by atoms with Crippen LogP contribution in [0.2, 0.25) is 0 Å². The van der Waals surface area contributed by atoms with E-state index in [2.05, 4.69) is 46.9 Å². The summed E-state index contributed by atoms with van der Waals surface area (Å²) in [6.45, 7) is 10.3. The van der Waals surface area contributed by atoms with Gasteiger partial charge in [0.15, 0.2) is 0 Å². The molecule has 1 heterocycles. The van der Waals surface area contributed by atoms with Crippen molar-refractivity contribution in [2.24, 2.45) is 0 Å². The Labute approximate surface area is 144 Å². The van der Waals surface area contributed by atoms with E-state index in [9.17, 15) is 5.11 Å². The molecule has 3 aromatic rings. The molecule has 0 radical (unpaired) electrons. The molecular formula is C18H20BrN3O. The summed E-state index contributed by atoms with van der Waals surface area (Å²) in [5.41, 5.74) is 5.11. The lowest BCUT2D eigenvalue weighted by atomic mass is 9.85. The number of hydrogen-bond donors (Lipinski definition) is 1. The number of rotatable bonds is 1. The van der Waals surface area contributed by atoms with Gasteiger partial charge in [0.2, 0.25) is 0 Å². The number of phenolic OH excluding ortho intramolecular Hbond substituents is 1. The number of nitrogens with zero attached hydrogens (tertiary/aromatic N) is 3. The van der Waals surface area contributed by atoms with Gasteiger partial charge in [-0.2, -0.15) is 0 Å². The highest BCUT2D eigenvalue weighted by molar-refractivity contribution is 9.10. The fraction of sp³-hybridized carbons (Fsp3) is 0.333. The summed E-state index contributed by atoms with van der Waals surface area (Å²) in [5, 5.41) is 19.8. The van der Waals surface area contributed by atoms with Crippen LogP contribution in [0.1, 0.15) is 37.5 Å². The number of fused-ring (bicyclic) bond motifs is 1. The predicted octanol–water partition coefficient (Wildman–Crippen LogP) is 4.80. The van der Waals surface area contributed by atoms with Crippen LogP contribution in [0, 0.1) is 13.8 Å². The van der Waals surface area contributed by atoms with Crippen LogP contribution in [0.3, 0.4) is 0 Å². The van der Waals surface area contributed by atoms with E-state index in [0.717, 1.165) is 32.2 Å². The van der Waals surface area contributed by atoms with Crippen LogP contribution in [-0.2, 0) is 5.41 Å². The minimum Gasteiger partial charge on any atom is -0.505 e. The molecule has 0 bridgehead atoms. The molecule has 5 heteroatoms. The lowest BCUT2D eigenvalue weighted by Crippen LogP contribution is -2.13. The molecule has 0 atom stereocenters. The van der Waals surface area contributed by atoms with E-state index in [1.165, 1.54) is 4.80 Å². The maximum absolute atomic E-state index is 10.7. The van der Waals surface area contributed by atoms with Crippen molar-refractivity contribution in [1.29, 1.82) is 0 Å². The molecule has 0 amide bonds. The van der Waals surface area contributed by atoms with Crippen molar-refractivity contribution in [3.05, 3.63) is 45.4 Å². The molecule has 1 N–H and O–H groups in total. The fourth-order valence-electron chi connectivity index (χ4n) is 2.70. The Morgan fingerprint density at radius 1 is 1.00 bits per heavy atom. The smallest absolute Gasteiger partial charge is 0.146 e. The Morgan fingerprint density at radius 3 is 2.30 bits per heavy atom. The van der Waals surface area contributed by atoms with Gasteiger partial charge in [-0.3, -0.25) is 0 Å². The fourth-order valence-corrected chi connectivity index (χ4v) is 3.35. The Kier molecular flexibility index (Phi) is 3.71. The van der Waals surface area contributed by atoms with Gasteiger partial charge in [-0.05, 0) is 64.5 Å². The third-order valence-corrected chi connectivity index (χ3v) is 4.45. The lowest BCUT2D eigenvalue weighted by molar-refractivity contribution is 0.440. The van der Waals surface area contributed by atoms with Crippen LogP contribution in [-0.4, -0.2) is 20.1 Å². The number of aryl methyl sites for hydroxylation is 2. The summed E-state index contributed by atoms with van der Waals surface area (Å²) >= 11 is 3.53. The van der Waals surface area contributed by atoms with Gasteiger partial charge in [0.1, 0.15) is 22.5 Å². The molecule has 0 aliphatic rings. The lowest BCUT2D eigenvalue weighted by Gasteiger charge is -2.22. The van der Waals surface area contributed by atoms with Crippen LogP contribution in [0.4, 0.5) is 0 Å². The van der Waals surface area contributed by atoms with E-state index in [-0.39, 0.29) is 11.2 Å². The van der Waals surface area contributed by atoms with E-state index in [1.807, 2.05) is 38.1 Å². The van der Waals surface area contributed by atoms with Crippen LogP contribution in [0.15, 0.2) is 28.7 Å². The van der Waals surface area contributed by atoms with Gasteiger partial charge < -0.3 is 5.11 Å². The van der Waals surface area contributed by atoms with Gasteiger partial charge in [-0.15, -0.1) is 15.0 Å². The number of hydrogen-bond acceptors (Lipinski definition) is 3. The molecule has 0 aliphatic carbocycles. The molecule has 120 valence electrons. The predicted molar refractivity (Wildman–Crippen MR) is 96.4 cm³/mol. The van der Waals surface area contributed by atoms with Crippen LogP contribution in [0.5, 0.6) is 5.75 Å². The van der Waals surface area contributed by atoms with Crippen molar-refractivity contribution in [2.75, 3.05) is 0 Å². The third-order valence-electron chi connectivity index (χ3n) is 3.84. The first-order chi connectivity index (χ1) is 10.7. The third kappa shape index (κ3) is 2.85. The summed E-state index contributed by atoms with van der Waals surface area (Å²) in [4.78, 5) is 1.52. The van der Waals surface area contributed by atoms with Gasteiger partial charge in [0, 0.05) is 10.0 Å². The largest absolute Gasteiger partial charge is 0.505 e. The normalized spacial score (nSPS) is 12.1. The number of phenols is 1. The Hall–Kier alpha value is -1.88. The quantitative estimate of drug-likeness (QED) is 0.666. The Morgan fingerprint density at radius 2 is 1.65 bits per heavy atom. The molecule has 4 nitrogen and oxygen atoms in total. The first-order valence-corrected chi connectivity index (χ1v) is 8.34. The van der Waals surface area contributed by atoms with Gasteiger partial charge in [-0.1, -0.05) is 26.8 Å². The number of aromatic hydroxyl groups is 1. The second kappa shape index (κ2) is 5.34.